The lowest BCUT2D eigenvalue weighted by atomic mass is 10.1. The number of hydrogen-bond donors (Lipinski definition) is 2. The molecule has 62 valence electrons. The van der Waals surface area contributed by atoms with E-state index in [2.05, 4.69) is 5.32 Å². The molecular formula is C7H16FNO. The molecule has 0 fully saturated rings. The molecule has 0 heterocycles. The Morgan fingerprint density at radius 3 is 2.10 bits per heavy atom. The minimum absolute atomic E-state index is 0.125. The third-order valence-corrected chi connectivity index (χ3v) is 1.47. The SMILES string of the molecule is CCC(NC(C)F)C(C)O. The number of nitrogens with one attached hydrogen (secondary N) is 1. The lowest BCUT2D eigenvalue weighted by Gasteiger charge is -2.20. The standard InChI is InChI=1S/C7H16FNO/c1-4-7(5(2)10)9-6(3)8/h5-7,9-10H,4H2,1-3H3. The molecule has 0 spiro atoms. The number of hydrogen-bond acceptors (Lipinski definition) is 2. The Hall–Kier alpha value is -0.150. The van der Waals surface area contributed by atoms with E-state index >= 15 is 0 Å². The van der Waals surface area contributed by atoms with E-state index in [9.17, 15) is 4.39 Å². The van der Waals surface area contributed by atoms with Crippen molar-refractivity contribution in [2.75, 3.05) is 0 Å². The van der Waals surface area contributed by atoms with Crippen molar-refractivity contribution in [2.24, 2.45) is 0 Å². The molecule has 0 bridgehead atoms. The van der Waals surface area contributed by atoms with Gasteiger partial charge in [0.15, 0.2) is 0 Å². The average molecular weight is 149 g/mol. The maximum Gasteiger partial charge on any atom is 0.148 e. The number of alkyl halides is 1. The van der Waals surface area contributed by atoms with Gasteiger partial charge in [-0.25, -0.2) is 4.39 Å². The number of aliphatic hydroxyl groups excluding tert-OH is 1. The number of halogens is 1. The second-order valence-electron chi connectivity index (χ2n) is 2.54. The Bertz CT molecular complexity index is 85.7. The number of rotatable bonds is 4. The first-order chi connectivity index (χ1) is 4.57. The van der Waals surface area contributed by atoms with Crippen molar-refractivity contribution >= 4 is 0 Å². The molecule has 10 heavy (non-hydrogen) atoms. The zero-order valence-electron chi connectivity index (χ0n) is 6.76. The van der Waals surface area contributed by atoms with E-state index in [0.717, 1.165) is 6.42 Å². The van der Waals surface area contributed by atoms with Crippen molar-refractivity contribution in [2.45, 2.75) is 45.6 Å². The van der Waals surface area contributed by atoms with Crippen LogP contribution in [0.25, 0.3) is 0 Å². The highest BCUT2D eigenvalue weighted by Crippen LogP contribution is 1.99. The van der Waals surface area contributed by atoms with Crippen molar-refractivity contribution in [1.29, 1.82) is 0 Å². The highest BCUT2D eigenvalue weighted by Gasteiger charge is 2.13. The summed E-state index contributed by atoms with van der Waals surface area (Å²) in [6.07, 6.45) is -0.783. The van der Waals surface area contributed by atoms with Gasteiger partial charge in [0, 0.05) is 6.04 Å². The van der Waals surface area contributed by atoms with E-state index in [0.29, 0.717) is 0 Å². The second kappa shape index (κ2) is 4.63. The molecule has 0 saturated heterocycles. The predicted molar refractivity (Wildman–Crippen MR) is 39.5 cm³/mol. The van der Waals surface area contributed by atoms with Crippen LogP contribution in [0.4, 0.5) is 4.39 Å². The lowest BCUT2D eigenvalue weighted by Crippen LogP contribution is -2.41. The summed E-state index contributed by atoms with van der Waals surface area (Å²) in [6, 6.07) is -0.125. The van der Waals surface area contributed by atoms with Gasteiger partial charge in [0.2, 0.25) is 0 Å². The first kappa shape index (κ1) is 9.85. The first-order valence-corrected chi connectivity index (χ1v) is 3.66. The Balaban J connectivity index is 3.60. The average Bonchev–Trinajstić information content (AvgIpc) is 1.81. The fourth-order valence-electron chi connectivity index (χ4n) is 0.893. The molecule has 3 heteroatoms. The van der Waals surface area contributed by atoms with Crippen molar-refractivity contribution < 1.29 is 9.50 Å². The van der Waals surface area contributed by atoms with Gasteiger partial charge in [0.25, 0.3) is 0 Å². The van der Waals surface area contributed by atoms with Gasteiger partial charge < -0.3 is 5.11 Å². The summed E-state index contributed by atoms with van der Waals surface area (Å²) in [4.78, 5) is 0. The molecule has 0 aromatic heterocycles. The minimum Gasteiger partial charge on any atom is -0.392 e. The minimum atomic E-state index is -1.04. The van der Waals surface area contributed by atoms with Gasteiger partial charge in [-0.1, -0.05) is 6.92 Å². The molecule has 0 amide bonds. The highest BCUT2D eigenvalue weighted by molar-refractivity contribution is 4.70. The monoisotopic (exact) mass is 149 g/mol. The van der Waals surface area contributed by atoms with E-state index in [-0.39, 0.29) is 6.04 Å². The maximum atomic E-state index is 12.3. The molecular weight excluding hydrogens is 133 g/mol. The van der Waals surface area contributed by atoms with E-state index in [1.807, 2.05) is 6.92 Å². The van der Waals surface area contributed by atoms with E-state index in [4.69, 9.17) is 5.11 Å². The van der Waals surface area contributed by atoms with Gasteiger partial charge in [-0.2, -0.15) is 0 Å². The number of aliphatic hydroxyl groups is 1. The van der Waals surface area contributed by atoms with Gasteiger partial charge in [0.05, 0.1) is 6.10 Å². The zero-order chi connectivity index (χ0) is 8.15. The molecule has 0 aromatic carbocycles. The zero-order valence-corrected chi connectivity index (χ0v) is 6.76. The van der Waals surface area contributed by atoms with Crippen molar-refractivity contribution in [3.05, 3.63) is 0 Å². The Kier molecular flexibility index (Phi) is 4.56. The van der Waals surface area contributed by atoms with Crippen LogP contribution in [0, 0.1) is 0 Å². The van der Waals surface area contributed by atoms with Gasteiger partial charge in [0.1, 0.15) is 6.30 Å². The Morgan fingerprint density at radius 2 is 2.00 bits per heavy atom. The van der Waals surface area contributed by atoms with Gasteiger partial charge in [-0.3, -0.25) is 5.32 Å². The van der Waals surface area contributed by atoms with E-state index < -0.39 is 12.4 Å². The van der Waals surface area contributed by atoms with Crippen LogP contribution in [0.5, 0.6) is 0 Å². The molecule has 0 saturated carbocycles. The summed E-state index contributed by atoms with van der Waals surface area (Å²) in [5, 5.41) is 11.6. The summed E-state index contributed by atoms with van der Waals surface area (Å²) in [7, 11) is 0. The molecule has 3 unspecified atom stereocenters. The van der Waals surface area contributed by atoms with Crippen LogP contribution in [-0.2, 0) is 0 Å². The topological polar surface area (TPSA) is 32.3 Å². The molecule has 0 aromatic rings. The van der Waals surface area contributed by atoms with Gasteiger partial charge >= 0.3 is 0 Å². The van der Waals surface area contributed by atoms with Gasteiger partial charge in [-0.05, 0) is 20.3 Å². The molecule has 3 atom stereocenters. The van der Waals surface area contributed by atoms with Crippen molar-refractivity contribution in [3.63, 3.8) is 0 Å². The summed E-state index contributed by atoms with van der Waals surface area (Å²) >= 11 is 0. The van der Waals surface area contributed by atoms with Crippen LogP contribution in [0.2, 0.25) is 0 Å². The van der Waals surface area contributed by atoms with Crippen LogP contribution in [-0.4, -0.2) is 23.5 Å². The van der Waals surface area contributed by atoms with Crippen LogP contribution < -0.4 is 5.32 Å². The summed E-state index contributed by atoms with van der Waals surface area (Å²) in [5.74, 6) is 0. The molecule has 0 rings (SSSR count). The maximum absolute atomic E-state index is 12.3. The summed E-state index contributed by atoms with van der Waals surface area (Å²) in [6.45, 7) is 4.99. The second-order valence-corrected chi connectivity index (χ2v) is 2.54. The largest absolute Gasteiger partial charge is 0.392 e. The molecule has 0 aliphatic heterocycles. The molecule has 2 nitrogen and oxygen atoms in total. The van der Waals surface area contributed by atoms with Gasteiger partial charge in [-0.15, -0.1) is 0 Å². The van der Waals surface area contributed by atoms with E-state index in [1.165, 1.54) is 6.92 Å². The van der Waals surface area contributed by atoms with Crippen molar-refractivity contribution in [1.82, 2.24) is 5.32 Å². The third kappa shape index (κ3) is 3.80. The first-order valence-electron chi connectivity index (χ1n) is 3.66. The molecule has 0 aliphatic carbocycles. The van der Waals surface area contributed by atoms with Crippen LogP contribution >= 0.6 is 0 Å². The third-order valence-electron chi connectivity index (χ3n) is 1.47. The van der Waals surface area contributed by atoms with Crippen molar-refractivity contribution in [3.8, 4) is 0 Å². The molecule has 0 radical (unpaired) electrons. The fraction of sp³-hybridized carbons (Fsp3) is 1.00. The Morgan fingerprint density at radius 1 is 1.50 bits per heavy atom. The molecule has 0 aliphatic rings. The normalized spacial score (nSPS) is 20.1. The smallest absolute Gasteiger partial charge is 0.148 e. The quantitative estimate of drug-likeness (QED) is 0.585. The predicted octanol–water partition coefficient (Wildman–Crippen LogP) is 1.05. The van der Waals surface area contributed by atoms with Crippen LogP contribution in [0.15, 0.2) is 0 Å². The lowest BCUT2D eigenvalue weighted by molar-refractivity contribution is 0.118. The highest BCUT2D eigenvalue weighted by atomic mass is 19.1. The fourth-order valence-corrected chi connectivity index (χ4v) is 0.893. The Labute approximate surface area is 61.4 Å². The summed E-state index contributed by atoms with van der Waals surface area (Å²) in [5.41, 5.74) is 0. The van der Waals surface area contributed by atoms with Crippen LogP contribution in [0.1, 0.15) is 27.2 Å². The molecule has 2 N–H and O–H groups in total. The van der Waals surface area contributed by atoms with Crippen LogP contribution in [0.3, 0.4) is 0 Å². The van der Waals surface area contributed by atoms with E-state index in [1.54, 1.807) is 6.92 Å². The summed E-state index contributed by atoms with van der Waals surface area (Å²) < 4.78 is 12.3.